The number of hydrogen-bond donors (Lipinski definition) is 4. The van der Waals surface area contributed by atoms with E-state index in [0.717, 1.165) is 25.5 Å². The maximum Gasteiger partial charge on any atom is 0.229 e. The first kappa shape index (κ1) is 24.0. The van der Waals surface area contributed by atoms with Crippen molar-refractivity contribution in [2.75, 3.05) is 28.7 Å². The lowest BCUT2D eigenvalue weighted by Crippen LogP contribution is -2.37. The molecule has 0 spiro atoms. The van der Waals surface area contributed by atoms with E-state index in [0.29, 0.717) is 40.4 Å². The number of benzene rings is 1. The van der Waals surface area contributed by atoms with Crippen LogP contribution in [0.15, 0.2) is 18.2 Å². The van der Waals surface area contributed by atoms with Crippen molar-refractivity contribution >= 4 is 45.1 Å². The second kappa shape index (κ2) is 10.3. The van der Waals surface area contributed by atoms with E-state index in [1.807, 2.05) is 0 Å². The minimum atomic E-state index is -3.38. The molecule has 174 valence electrons. The molecule has 3 rings (SSSR count). The van der Waals surface area contributed by atoms with Crippen LogP contribution in [0.3, 0.4) is 0 Å². The van der Waals surface area contributed by atoms with Gasteiger partial charge in [-0.05, 0) is 43.9 Å². The quantitative estimate of drug-likeness (QED) is 0.451. The number of hydrogen-bond acceptors (Lipinski definition) is 8. The molecule has 2 aromatic rings. The predicted octanol–water partition coefficient (Wildman–Crippen LogP) is 2.53. The molecule has 0 unspecified atom stereocenters. The second-order valence-electron chi connectivity index (χ2n) is 7.88. The Morgan fingerprint density at radius 1 is 1.19 bits per heavy atom. The van der Waals surface area contributed by atoms with E-state index in [4.69, 9.17) is 11.6 Å². The highest BCUT2D eigenvalue weighted by Gasteiger charge is 2.27. The normalized spacial score (nSPS) is 18.6. The summed E-state index contributed by atoms with van der Waals surface area (Å²) in [5.41, 5.74) is 1.09. The Morgan fingerprint density at radius 3 is 2.62 bits per heavy atom. The van der Waals surface area contributed by atoms with E-state index in [2.05, 4.69) is 35.6 Å². The molecule has 1 aromatic carbocycles. The molecule has 2 atom stereocenters. The van der Waals surface area contributed by atoms with Gasteiger partial charge in [0.2, 0.25) is 27.8 Å². The molecule has 0 saturated heterocycles. The molecule has 1 aliphatic rings. The molecule has 1 fully saturated rings. The third kappa shape index (κ3) is 6.92. The Balaban J connectivity index is 1.56. The molecule has 12 heteroatoms. The summed E-state index contributed by atoms with van der Waals surface area (Å²) in [6.07, 6.45) is 4.42. The van der Waals surface area contributed by atoms with Gasteiger partial charge in [0.15, 0.2) is 0 Å². The van der Waals surface area contributed by atoms with Crippen molar-refractivity contribution in [2.45, 2.75) is 45.2 Å². The summed E-state index contributed by atoms with van der Waals surface area (Å²) < 4.78 is 25.1. The Labute approximate surface area is 193 Å². The third-order valence-corrected chi connectivity index (χ3v) is 6.12. The summed E-state index contributed by atoms with van der Waals surface area (Å²) in [6.45, 7) is 2.07. The number of carbonyl (C=O) groups is 1. The van der Waals surface area contributed by atoms with Gasteiger partial charge < -0.3 is 16.0 Å². The molecule has 4 N–H and O–H groups in total. The summed E-state index contributed by atoms with van der Waals surface area (Å²) in [4.78, 5) is 25.6. The first-order chi connectivity index (χ1) is 15.1. The number of halogens is 1. The smallest absolute Gasteiger partial charge is 0.229 e. The van der Waals surface area contributed by atoms with Crippen LogP contribution in [-0.4, -0.2) is 48.6 Å². The highest BCUT2D eigenvalue weighted by atomic mass is 35.5. The molecule has 1 aliphatic carbocycles. The van der Waals surface area contributed by atoms with Crippen LogP contribution in [0.1, 0.15) is 37.1 Å². The molecule has 0 aliphatic heterocycles. The molecular weight excluding hydrogens is 454 g/mol. The lowest BCUT2D eigenvalue weighted by molar-refractivity contribution is -0.126. The van der Waals surface area contributed by atoms with E-state index >= 15 is 0 Å². The summed E-state index contributed by atoms with van der Waals surface area (Å²) in [5, 5.41) is 9.57. The number of nitrogens with zero attached hydrogens (tertiary/aromatic N) is 3. The van der Waals surface area contributed by atoms with Crippen molar-refractivity contribution in [3.05, 3.63) is 34.6 Å². The highest BCUT2D eigenvalue weighted by Crippen LogP contribution is 2.27. The number of amides is 1. The fourth-order valence-electron chi connectivity index (χ4n) is 3.69. The van der Waals surface area contributed by atoms with Crippen molar-refractivity contribution in [2.24, 2.45) is 5.92 Å². The van der Waals surface area contributed by atoms with Crippen LogP contribution in [0, 0.1) is 12.8 Å². The molecule has 1 aromatic heterocycles. The van der Waals surface area contributed by atoms with Crippen molar-refractivity contribution < 1.29 is 13.2 Å². The van der Waals surface area contributed by atoms with Crippen LogP contribution >= 0.6 is 11.6 Å². The lowest BCUT2D eigenvalue weighted by Gasteiger charge is -2.29. The maximum atomic E-state index is 12.8. The Bertz CT molecular complexity index is 1080. The zero-order chi connectivity index (χ0) is 23.3. The first-order valence-electron chi connectivity index (χ1n) is 10.3. The van der Waals surface area contributed by atoms with Gasteiger partial charge in [0.25, 0.3) is 0 Å². The summed E-state index contributed by atoms with van der Waals surface area (Å²) in [5.74, 6) is 1.46. The van der Waals surface area contributed by atoms with E-state index in [1.54, 1.807) is 26.1 Å². The van der Waals surface area contributed by atoms with Crippen molar-refractivity contribution in [3.8, 4) is 0 Å². The first-order valence-corrected chi connectivity index (χ1v) is 12.6. The van der Waals surface area contributed by atoms with Gasteiger partial charge in [-0.1, -0.05) is 24.1 Å². The molecule has 1 heterocycles. The minimum absolute atomic E-state index is 0.0337. The van der Waals surface area contributed by atoms with Crippen LogP contribution < -0.4 is 20.7 Å². The van der Waals surface area contributed by atoms with Crippen LogP contribution in [0.4, 0.5) is 17.6 Å². The Kier molecular flexibility index (Phi) is 7.73. The van der Waals surface area contributed by atoms with Crippen LogP contribution in [0.25, 0.3) is 0 Å². The summed E-state index contributed by atoms with van der Waals surface area (Å²) in [6, 6.07) is 4.94. The van der Waals surface area contributed by atoms with E-state index < -0.39 is 10.0 Å². The Morgan fingerprint density at radius 2 is 1.94 bits per heavy atom. The van der Waals surface area contributed by atoms with Crippen molar-refractivity contribution in [1.29, 1.82) is 0 Å². The van der Waals surface area contributed by atoms with Gasteiger partial charge in [0, 0.05) is 36.3 Å². The van der Waals surface area contributed by atoms with Crippen LogP contribution in [-0.2, 0) is 21.4 Å². The molecule has 32 heavy (non-hydrogen) atoms. The zero-order valence-corrected chi connectivity index (χ0v) is 19.8. The largest absolute Gasteiger partial charge is 0.357 e. The van der Waals surface area contributed by atoms with E-state index in [1.165, 1.54) is 6.07 Å². The van der Waals surface area contributed by atoms with Gasteiger partial charge in [0.05, 0.1) is 6.26 Å². The molecular formula is C20H28ClN7O3S. The molecule has 10 nitrogen and oxygen atoms in total. The minimum Gasteiger partial charge on any atom is -0.357 e. The zero-order valence-electron chi connectivity index (χ0n) is 18.3. The number of aromatic nitrogens is 3. The van der Waals surface area contributed by atoms with Gasteiger partial charge in [-0.3, -0.25) is 9.52 Å². The molecule has 1 amide bonds. The average Bonchev–Trinajstić information content (AvgIpc) is 2.71. The number of sulfonamides is 1. The van der Waals surface area contributed by atoms with Crippen molar-refractivity contribution in [1.82, 2.24) is 20.3 Å². The fourth-order valence-corrected chi connectivity index (χ4v) is 4.50. The van der Waals surface area contributed by atoms with Gasteiger partial charge >= 0.3 is 0 Å². The van der Waals surface area contributed by atoms with E-state index in [-0.39, 0.29) is 24.4 Å². The number of aryl methyl sites for hydroxylation is 1. The number of carbonyl (C=O) groups excluding carboxylic acids is 1. The number of nitrogens with one attached hydrogen (secondary N) is 4. The molecule has 0 radical (unpaired) electrons. The maximum absolute atomic E-state index is 12.8. The monoisotopic (exact) mass is 481 g/mol. The topological polar surface area (TPSA) is 138 Å². The standard InChI is InChI=1S/C20H28ClN7O3S/c1-12-24-19(22-2)27-20(25-12)26-15-6-4-5-13(9-15)18(29)23-11-14-7-8-16(10-17(14)21)28-32(3,30)31/h7-8,10,13,15,28H,4-6,9,11H2,1-3H3,(H,23,29)(H2,22,24,25,26,27)/t13-,15+/m1/s1. The van der Waals surface area contributed by atoms with Crippen molar-refractivity contribution in [3.63, 3.8) is 0 Å². The lowest BCUT2D eigenvalue weighted by atomic mass is 9.85. The van der Waals surface area contributed by atoms with Gasteiger partial charge in [-0.25, -0.2) is 8.42 Å². The van der Waals surface area contributed by atoms with Gasteiger partial charge in [-0.15, -0.1) is 0 Å². The fraction of sp³-hybridized carbons (Fsp3) is 0.500. The second-order valence-corrected chi connectivity index (χ2v) is 10.0. The van der Waals surface area contributed by atoms with Crippen LogP contribution in [0.5, 0.6) is 0 Å². The predicted molar refractivity (Wildman–Crippen MR) is 125 cm³/mol. The number of rotatable bonds is 8. The Hall–Kier alpha value is -2.66. The third-order valence-electron chi connectivity index (χ3n) is 5.16. The van der Waals surface area contributed by atoms with Crippen LogP contribution in [0.2, 0.25) is 5.02 Å². The van der Waals surface area contributed by atoms with Gasteiger partial charge in [-0.2, -0.15) is 15.0 Å². The SMILES string of the molecule is CNc1nc(C)nc(N[C@H]2CCC[C@@H](C(=O)NCc3ccc(NS(C)(=O)=O)cc3Cl)C2)n1. The highest BCUT2D eigenvalue weighted by molar-refractivity contribution is 7.92. The average molecular weight is 482 g/mol. The summed E-state index contributed by atoms with van der Waals surface area (Å²) >= 11 is 6.26. The molecule has 1 saturated carbocycles. The van der Waals surface area contributed by atoms with E-state index in [9.17, 15) is 13.2 Å². The number of anilines is 3. The summed E-state index contributed by atoms with van der Waals surface area (Å²) in [7, 11) is -1.63. The van der Waals surface area contributed by atoms with Gasteiger partial charge in [0.1, 0.15) is 5.82 Å². The molecule has 0 bridgehead atoms.